The van der Waals surface area contributed by atoms with Crippen molar-refractivity contribution in [2.45, 2.75) is 44.7 Å². The van der Waals surface area contributed by atoms with E-state index in [2.05, 4.69) is 5.32 Å². The summed E-state index contributed by atoms with van der Waals surface area (Å²) in [6.07, 6.45) is 3.65. The van der Waals surface area contributed by atoms with Gasteiger partial charge in [-0.3, -0.25) is 4.79 Å². The lowest BCUT2D eigenvalue weighted by molar-refractivity contribution is -0.901. The standard InChI is InChI=1S/C18H23ClFN3O2/c1-12-6-3-4-9-18(12)16(24)23(17(25)21-18)11-22(2)10-13-14(19)7-5-8-15(13)20/h5,7-8,12H,3-4,6,9-11H2,1-2H3,(H,21,25)/p+1/t12-,18-/m1/s1. The lowest BCUT2D eigenvalue weighted by Gasteiger charge is -2.36. The fraction of sp³-hybridized carbons (Fsp3) is 0.556. The second kappa shape index (κ2) is 6.92. The fourth-order valence-electron chi connectivity index (χ4n) is 3.97. The summed E-state index contributed by atoms with van der Waals surface area (Å²) in [6, 6.07) is 4.21. The summed E-state index contributed by atoms with van der Waals surface area (Å²) in [6.45, 7) is 2.51. The Morgan fingerprint density at radius 3 is 2.84 bits per heavy atom. The molecule has 2 fully saturated rings. The molecule has 7 heteroatoms. The molecule has 3 rings (SSSR count). The van der Waals surface area contributed by atoms with E-state index in [0.29, 0.717) is 23.6 Å². The second-order valence-corrected chi connectivity index (χ2v) is 7.68. The highest BCUT2D eigenvalue weighted by Gasteiger charge is 2.55. The highest BCUT2D eigenvalue weighted by atomic mass is 35.5. The Morgan fingerprint density at radius 2 is 2.16 bits per heavy atom. The molecule has 3 atom stereocenters. The van der Waals surface area contributed by atoms with Crippen molar-refractivity contribution in [3.63, 3.8) is 0 Å². The first-order valence-corrected chi connectivity index (χ1v) is 9.11. The van der Waals surface area contributed by atoms with Crippen LogP contribution in [0.2, 0.25) is 5.02 Å². The summed E-state index contributed by atoms with van der Waals surface area (Å²) in [5, 5.41) is 3.29. The van der Waals surface area contributed by atoms with E-state index in [-0.39, 0.29) is 30.3 Å². The van der Waals surface area contributed by atoms with Crippen molar-refractivity contribution < 1.29 is 18.9 Å². The topological polar surface area (TPSA) is 53.9 Å². The monoisotopic (exact) mass is 368 g/mol. The van der Waals surface area contributed by atoms with Gasteiger partial charge in [-0.2, -0.15) is 0 Å². The number of hydrogen-bond donors (Lipinski definition) is 2. The van der Waals surface area contributed by atoms with Crippen LogP contribution in [0.3, 0.4) is 0 Å². The van der Waals surface area contributed by atoms with Crippen molar-refractivity contribution >= 4 is 23.5 Å². The third kappa shape index (κ3) is 3.25. The molecule has 1 saturated heterocycles. The van der Waals surface area contributed by atoms with E-state index >= 15 is 0 Å². The quantitative estimate of drug-likeness (QED) is 0.798. The van der Waals surface area contributed by atoms with Gasteiger partial charge in [0.05, 0.1) is 17.6 Å². The molecule has 5 nitrogen and oxygen atoms in total. The molecule has 1 spiro atoms. The Bertz CT molecular complexity index is 679. The zero-order chi connectivity index (χ0) is 18.2. The number of carbonyl (C=O) groups excluding carboxylic acids is 2. The maximum absolute atomic E-state index is 14.0. The largest absolute Gasteiger partial charge is 0.329 e. The smallest absolute Gasteiger partial charge is 0.323 e. The van der Waals surface area contributed by atoms with E-state index < -0.39 is 5.54 Å². The molecule has 0 radical (unpaired) electrons. The Hall–Kier alpha value is -1.66. The third-order valence-corrected chi connectivity index (χ3v) is 5.82. The van der Waals surface area contributed by atoms with Crippen molar-refractivity contribution in [1.29, 1.82) is 0 Å². The molecule has 1 aliphatic heterocycles. The van der Waals surface area contributed by atoms with E-state index in [1.807, 2.05) is 14.0 Å². The molecular weight excluding hydrogens is 345 g/mol. The number of urea groups is 1. The molecule has 1 heterocycles. The van der Waals surface area contributed by atoms with Crippen LogP contribution in [0.1, 0.15) is 38.2 Å². The number of nitrogens with one attached hydrogen (secondary N) is 2. The van der Waals surface area contributed by atoms with Crippen molar-refractivity contribution in [3.8, 4) is 0 Å². The molecule has 1 aromatic rings. The van der Waals surface area contributed by atoms with E-state index in [4.69, 9.17) is 11.6 Å². The first-order chi connectivity index (χ1) is 11.8. The van der Waals surface area contributed by atoms with E-state index in [0.717, 1.165) is 24.2 Å². The molecular formula is C18H24ClFN3O2+. The highest BCUT2D eigenvalue weighted by Crippen LogP contribution is 2.37. The Labute approximate surface area is 152 Å². The maximum Gasteiger partial charge on any atom is 0.329 e. The van der Waals surface area contributed by atoms with Crippen LogP contribution in [0, 0.1) is 11.7 Å². The SMILES string of the molecule is C[C@@H]1CCCC[C@@]12NC(=O)N(C[NH+](C)Cc1c(F)cccc1Cl)C2=O. The number of imide groups is 1. The van der Waals surface area contributed by atoms with Gasteiger partial charge in [-0.1, -0.05) is 37.4 Å². The molecule has 1 saturated carbocycles. The van der Waals surface area contributed by atoms with Gasteiger partial charge in [-0.25, -0.2) is 14.1 Å². The fourth-order valence-corrected chi connectivity index (χ4v) is 4.20. The van der Waals surface area contributed by atoms with Crippen LogP contribution in [0.25, 0.3) is 0 Å². The highest BCUT2D eigenvalue weighted by molar-refractivity contribution is 6.31. The first-order valence-electron chi connectivity index (χ1n) is 8.73. The minimum atomic E-state index is -0.759. The van der Waals surface area contributed by atoms with Crippen LogP contribution in [0.5, 0.6) is 0 Å². The molecule has 2 aliphatic rings. The van der Waals surface area contributed by atoms with Crippen molar-refractivity contribution in [2.24, 2.45) is 5.92 Å². The number of rotatable bonds is 4. The van der Waals surface area contributed by atoms with Crippen LogP contribution in [-0.4, -0.2) is 36.1 Å². The molecule has 1 aromatic carbocycles. The van der Waals surface area contributed by atoms with Crippen LogP contribution >= 0.6 is 11.6 Å². The summed E-state index contributed by atoms with van der Waals surface area (Å²) in [4.78, 5) is 27.4. The van der Waals surface area contributed by atoms with Crippen LogP contribution < -0.4 is 10.2 Å². The predicted molar refractivity (Wildman–Crippen MR) is 92.6 cm³/mol. The molecule has 0 aromatic heterocycles. The van der Waals surface area contributed by atoms with Gasteiger partial charge in [0, 0.05) is 0 Å². The van der Waals surface area contributed by atoms with Gasteiger partial charge < -0.3 is 10.2 Å². The van der Waals surface area contributed by atoms with Gasteiger partial charge in [0.1, 0.15) is 17.9 Å². The second-order valence-electron chi connectivity index (χ2n) is 7.27. The number of carbonyl (C=O) groups is 2. The lowest BCUT2D eigenvalue weighted by Crippen LogP contribution is -3.09. The van der Waals surface area contributed by atoms with Gasteiger partial charge in [-0.15, -0.1) is 0 Å². The predicted octanol–water partition coefficient (Wildman–Crippen LogP) is 1.95. The molecule has 3 amide bonds. The number of amides is 3. The Kier molecular flexibility index (Phi) is 5.02. The third-order valence-electron chi connectivity index (χ3n) is 5.47. The average molecular weight is 369 g/mol. The van der Waals surface area contributed by atoms with Crippen LogP contribution in [-0.2, 0) is 11.3 Å². The number of halogens is 2. The number of nitrogens with zero attached hydrogens (tertiary/aromatic N) is 1. The molecule has 1 unspecified atom stereocenters. The minimum Gasteiger partial charge on any atom is -0.323 e. The molecule has 1 aliphatic carbocycles. The maximum atomic E-state index is 14.0. The zero-order valence-corrected chi connectivity index (χ0v) is 15.3. The molecule has 2 N–H and O–H groups in total. The van der Waals surface area contributed by atoms with Gasteiger partial charge in [0.2, 0.25) is 0 Å². The lowest BCUT2D eigenvalue weighted by atomic mass is 9.73. The minimum absolute atomic E-state index is 0.129. The molecule has 25 heavy (non-hydrogen) atoms. The van der Waals surface area contributed by atoms with E-state index in [1.54, 1.807) is 12.1 Å². The van der Waals surface area contributed by atoms with E-state index in [9.17, 15) is 14.0 Å². The first kappa shape index (κ1) is 18.1. The van der Waals surface area contributed by atoms with E-state index in [1.165, 1.54) is 11.0 Å². The summed E-state index contributed by atoms with van der Waals surface area (Å²) in [5.74, 6) is -0.394. The number of quaternary nitrogens is 1. The van der Waals surface area contributed by atoms with Gasteiger partial charge >= 0.3 is 6.03 Å². The summed E-state index contributed by atoms with van der Waals surface area (Å²) in [5.41, 5.74) is -0.361. The van der Waals surface area contributed by atoms with Gasteiger partial charge in [-0.05, 0) is 30.9 Å². The number of hydrogen-bond acceptors (Lipinski definition) is 2. The molecule has 136 valence electrons. The number of benzene rings is 1. The summed E-state index contributed by atoms with van der Waals surface area (Å²) < 4.78 is 14.0. The van der Waals surface area contributed by atoms with Gasteiger partial charge in [0.25, 0.3) is 5.91 Å². The average Bonchev–Trinajstić information content (AvgIpc) is 2.79. The van der Waals surface area contributed by atoms with Crippen molar-refractivity contribution in [2.75, 3.05) is 13.7 Å². The summed E-state index contributed by atoms with van der Waals surface area (Å²) in [7, 11) is 1.82. The molecule has 0 bridgehead atoms. The Balaban J connectivity index is 1.72. The normalized spacial score (nSPS) is 27.7. The van der Waals surface area contributed by atoms with Crippen molar-refractivity contribution in [1.82, 2.24) is 10.2 Å². The van der Waals surface area contributed by atoms with Gasteiger partial charge in [0.15, 0.2) is 6.67 Å². The van der Waals surface area contributed by atoms with Crippen LogP contribution in [0.4, 0.5) is 9.18 Å². The zero-order valence-electron chi connectivity index (χ0n) is 14.6. The summed E-state index contributed by atoms with van der Waals surface area (Å²) >= 11 is 6.07. The van der Waals surface area contributed by atoms with Crippen LogP contribution in [0.15, 0.2) is 18.2 Å². The van der Waals surface area contributed by atoms with Crippen molar-refractivity contribution in [3.05, 3.63) is 34.6 Å². The Morgan fingerprint density at radius 1 is 1.40 bits per heavy atom.